The molecule has 0 amide bonds. The standard InChI is InChI=1S/C11H15N3O.ClH/c1-7-8(2)14(3-4-15)10-6-13-5-9(12)11(7)10;/h5-6,15H,3-4,12H2,1-2H3;1H. The van der Waals surface area contributed by atoms with Crippen LogP contribution in [0, 0.1) is 13.8 Å². The van der Waals surface area contributed by atoms with E-state index in [0.717, 1.165) is 16.6 Å². The van der Waals surface area contributed by atoms with E-state index in [9.17, 15) is 0 Å². The molecule has 2 rings (SSSR count). The summed E-state index contributed by atoms with van der Waals surface area (Å²) in [6.45, 7) is 4.78. The van der Waals surface area contributed by atoms with E-state index in [1.807, 2.05) is 18.4 Å². The molecule has 0 aliphatic carbocycles. The molecule has 0 saturated carbocycles. The highest BCUT2D eigenvalue weighted by Crippen LogP contribution is 2.28. The molecule has 3 N–H and O–H groups in total. The number of hydrogen-bond donors (Lipinski definition) is 2. The van der Waals surface area contributed by atoms with Crippen LogP contribution in [0.3, 0.4) is 0 Å². The SMILES string of the molecule is Cc1c(C)n(CCO)c2cncc(N)c12.Cl. The van der Waals surface area contributed by atoms with Crippen LogP contribution < -0.4 is 5.73 Å². The van der Waals surface area contributed by atoms with Crippen LogP contribution in [-0.4, -0.2) is 21.3 Å². The van der Waals surface area contributed by atoms with Crippen LogP contribution in [0.1, 0.15) is 11.3 Å². The van der Waals surface area contributed by atoms with Gasteiger partial charge in [-0.15, -0.1) is 12.4 Å². The first kappa shape index (κ1) is 12.8. The lowest BCUT2D eigenvalue weighted by atomic mass is 10.2. The van der Waals surface area contributed by atoms with Crippen molar-refractivity contribution in [2.45, 2.75) is 20.4 Å². The summed E-state index contributed by atoms with van der Waals surface area (Å²) in [5, 5.41) is 10.1. The van der Waals surface area contributed by atoms with Crippen molar-refractivity contribution in [2.75, 3.05) is 12.3 Å². The van der Waals surface area contributed by atoms with Gasteiger partial charge >= 0.3 is 0 Å². The minimum atomic E-state index is 0. The summed E-state index contributed by atoms with van der Waals surface area (Å²) < 4.78 is 2.05. The molecular formula is C11H16ClN3O. The quantitative estimate of drug-likeness (QED) is 0.840. The summed E-state index contributed by atoms with van der Waals surface area (Å²) in [4.78, 5) is 4.08. The van der Waals surface area contributed by atoms with Crippen molar-refractivity contribution in [1.82, 2.24) is 9.55 Å². The Morgan fingerprint density at radius 1 is 1.38 bits per heavy atom. The fourth-order valence-corrected chi connectivity index (χ4v) is 2.03. The lowest BCUT2D eigenvalue weighted by Crippen LogP contribution is -2.03. The Labute approximate surface area is 100 Å². The van der Waals surface area contributed by atoms with Crippen LogP contribution in [0.2, 0.25) is 0 Å². The summed E-state index contributed by atoms with van der Waals surface area (Å²) >= 11 is 0. The van der Waals surface area contributed by atoms with Crippen LogP contribution in [0.5, 0.6) is 0 Å². The molecule has 88 valence electrons. The van der Waals surface area contributed by atoms with Crippen molar-refractivity contribution in [1.29, 1.82) is 0 Å². The normalized spacial score (nSPS) is 10.4. The lowest BCUT2D eigenvalue weighted by Gasteiger charge is -2.05. The Kier molecular flexibility index (Phi) is 3.78. The summed E-state index contributed by atoms with van der Waals surface area (Å²) in [7, 11) is 0. The zero-order valence-electron chi connectivity index (χ0n) is 9.40. The maximum atomic E-state index is 9.01. The summed E-state index contributed by atoms with van der Waals surface area (Å²) in [6.07, 6.45) is 3.46. The molecule has 2 aromatic rings. The van der Waals surface area contributed by atoms with Gasteiger partial charge < -0.3 is 15.4 Å². The first-order valence-corrected chi connectivity index (χ1v) is 4.96. The number of anilines is 1. The van der Waals surface area contributed by atoms with Gasteiger partial charge in [0.05, 0.1) is 30.2 Å². The van der Waals surface area contributed by atoms with Crippen molar-refractivity contribution in [2.24, 2.45) is 0 Å². The van der Waals surface area contributed by atoms with Crippen LogP contribution in [0.4, 0.5) is 5.69 Å². The number of aryl methyl sites for hydroxylation is 1. The van der Waals surface area contributed by atoms with E-state index < -0.39 is 0 Å². The molecule has 0 atom stereocenters. The van der Waals surface area contributed by atoms with Gasteiger partial charge in [-0.1, -0.05) is 0 Å². The highest BCUT2D eigenvalue weighted by Gasteiger charge is 2.12. The van der Waals surface area contributed by atoms with Crippen molar-refractivity contribution in [3.8, 4) is 0 Å². The lowest BCUT2D eigenvalue weighted by molar-refractivity contribution is 0.277. The summed E-state index contributed by atoms with van der Waals surface area (Å²) in [5.41, 5.74) is 9.90. The molecule has 5 heteroatoms. The number of aliphatic hydroxyl groups is 1. The predicted molar refractivity (Wildman–Crippen MR) is 68.0 cm³/mol. The molecule has 0 unspecified atom stereocenters. The minimum Gasteiger partial charge on any atom is -0.397 e. The summed E-state index contributed by atoms with van der Waals surface area (Å²) in [6, 6.07) is 0. The molecule has 4 nitrogen and oxygen atoms in total. The maximum Gasteiger partial charge on any atom is 0.0693 e. The number of hydrogen-bond acceptors (Lipinski definition) is 3. The van der Waals surface area contributed by atoms with Crippen molar-refractivity contribution >= 4 is 29.0 Å². The van der Waals surface area contributed by atoms with Gasteiger partial charge in [0.25, 0.3) is 0 Å². The first-order chi connectivity index (χ1) is 7.16. The number of nitrogen functional groups attached to an aromatic ring is 1. The van der Waals surface area contributed by atoms with Gasteiger partial charge in [0.1, 0.15) is 0 Å². The Balaban J connectivity index is 0.00000128. The summed E-state index contributed by atoms with van der Waals surface area (Å²) in [5.74, 6) is 0. The number of fused-ring (bicyclic) bond motifs is 1. The Hall–Kier alpha value is -1.26. The van der Waals surface area contributed by atoms with Gasteiger partial charge in [-0.2, -0.15) is 0 Å². The van der Waals surface area contributed by atoms with Crippen LogP contribution >= 0.6 is 12.4 Å². The van der Waals surface area contributed by atoms with Gasteiger partial charge in [-0.3, -0.25) is 4.98 Å². The highest BCUT2D eigenvalue weighted by atomic mass is 35.5. The number of pyridine rings is 1. The van der Waals surface area contributed by atoms with Crippen LogP contribution in [-0.2, 0) is 6.54 Å². The molecule has 0 aromatic carbocycles. The number of aliphatic hydroxyl groups excluding tert-OH is 1. The second kappa shape index (κ2) is 4.72. The highest BCUT2D eigenvalue weighted by molar-refractivity contribution is 5.94. The van der Waals surface area contributed by atoms with Crippen molar-refractivity contribution in [3.05, 3.63) is 23.7 Å². The molecule has 0 aliphatic heterocycles. The predicted octanol–water partition coefficient (Wildman–Crippen LogP) is 1.65. The molecule has 16 heavy (non-hydrogen) atoms. The number of rotatable bonds is 2. The Bertz CT molecular complexity index is 507. The molecule has 2 heterocycles. The van der Waals surface area contributed by atoms with E-state index in [2.05, 4.69) is 4.98 Å². The van der Waals surface area contributed by atoms with Gasteiger partial charge in [-0.05, 0) is 19.4 Å². The van der Waals surface area contributed by atoms with Crippen LogP contribution in [0.15, 0.2) is 12.4 Å². The molecule has 2 aromatic heterocycles. The Morgan fingerprint density at radius 3 is 2.69 bits per heavy atom. The minimum absolute atomic E-state index is 0. The molecule has 0 aliphatic rings. The average molecular weight is 242 g/mol. The molecule has 0 fully saturated rings. The van der Waals surface area contributed by atoms with E-state index in [1.54, 1.807) is 12.4 Å². The number of aromatic nitrogens is 2. The van der Waals surface area contributed by atoms with Crippen LogP contribution in [0.25, 0.3) is 10.9 Å². The number of nitrogens with two attached hydrogens (primary N) is 1. The van der Waals surface area contributed by atoms with Gasteiger partial charge in [0.15, 0.2) is 0 Å². The second-order valence-electron chi connectivity index (χ2n) is 3.71. The molecular weight excluding hydrogens is 226 g/mol. The van der Waals surface area contributed by atoms with E-state index >= 15 is 0 Å². The Morgan fingerprint density at radius 2 is 2.06 bits per heavy atom. The fourth-order valence-electron chi connectivity index (χ4n) is 2.03. The number of halogens is 1. The van der Waals surface area contributed by atoms with Gasteiger partial charge in [0.2, 0.25) is 0 Å². The first-order valence-electron chi connectivity index (χ1n) is 4.96. The molecule has 0 radical (unpaired) electrons. The maximum absolute atomic E-state index is 9.01. The molecule has 0 bridgehead atoms. The van der Waals surface area contributed by atoms with E-state index in [4.69, 9.17) is 10.8 Å². The van der Waals surface area contributed by atoms with E-state index in [1.165, 1.54) is 5.56 Å². The monoisotopic (exact) mass is 241 g/mol. The van der Waals surface area contributed by atoms with Gasteiger partial charge in [0, 0.05) is 17.6 Å². The largest absolute Gasteiger partial charge is 0.397 e. The third-order valence-electron chi connectivity index (χ3n) is 2.89. The molecule has 0 saturated heterocycles. The smallest absolute Gasteiger partial charge is 0.0693 e. The number of nitrogens with zero attached hydrogens (tertiary/aromatic N) is 2. The average Bonchev–Trinajstić information content (AvgIpc) is 2.45. The van der Waals surface area contributed by atoms with Crippen molar-refractivity contribution in [3.63, 3.8) is 0 Å². The van der Waals surface area contributed by atoms with Crippen molar-refractivity contribution < 1.29 is 5.11 Å². The topological polar surface area (TPSA) is 64.1 Å². The van der Waals surface area contributed by atoms with E-state index in [0.29, 0.717) is 12.2 Å². The zero-order valence-corrected chi connectivity index (χ0v) is 10.2. The third kappa shape index (κ3) is 1.74. The third-order valence-corrected chi connectivity index (χ3v) is 2.89. The van der Waals surface area contributed by atoms with E-state index in [-0.39, 0.29) is 19.0 Å². The second-order valence-corrected chi connectivity index (χ2v) is 3.71. The fraction of sp³-hybridized carbons (Fsp3) is 0.364. The zero-order chi connectivity index (χ0) is 11.0. The molecule has 0 spiro atoms. The van der Waals surface area contributed by atoms with Gasteiger partial charge in [-0.25, -0.2) is 0 Å².